The van der Waals surface area contributed by atoms with Crippen molar-refractivity contribution in [2.45, 2.75) is 0 Å². The van der Waals surface area contributed by atoms with Crippen molar-refractivity contribution < 1.29 is 4.42 Å². The van der Waals surface area contributed by atoms with Crippen molar-refractivity contribution in [1.29, 1.82) is 0 Å². The molecule has 0 saturated heterocycles. The van der Waals surface area contributed by atoms with Gasteiger partial charge >= 0.3 is 0 Å². The van der Waals surface area contributed by atoms with Gasteiger partial charge in [-0.15, -0.1) is 0 Å². The predicted octanol–water partition coefficient (Wildman–Crippen LogP) is 9.00. The van der Waals surface area contributed by atoms with Gasteiger partial charge in [-0.3, -0.25) is 0 Å². The first-order chi connectivity index (χ1) is 17.4. The van der Waals surface area contributed by atoms with Gasteiger partial charge in [0.2, 0.25) is 0 Å². The molecule has 0 unspecified atom stereocenters. The van der Waals surface area contributed by atoms with Gasteiger partial charge in [-0.25, -0.2) is 0 Å². The maximum Gasteiger partial charge on any atom is 0.136 e. The van der Waals surface area contributed by atoms with Crippen LogP contribution in [0.15, 0.2) is 138 Å². The van der Waals surface area contributed by atoms with Crippen molar-refractivity contribution in [3.05, 3.63) is 134 Å². The average molecular weight is 451 g/mol. The highest BCUT2D eigenvalue weighted by atomic mass is 16.3. The van der Waals surface area contributed by atoms with E-state index in [2.05, 4.69) is 137 Å². The molecule has 0 fully saturated rings. The minimum absolute atomic E-state index is 0.900. The molecule has 7 aromatic rings. The van der Waals surface area contributed by atoms with Crippen molar-refractivity contribution in [3.8, 4) is 5.69 Å². The number of para-hydroxylation sites is 3. The van der Waals surface area contributed by atoms with Gasteiger partial charge in [0, 0.05) is 38.9 Å². The fraction of sp³-hybridized carbons (Fsp3) is 0. The van der Waals surface area contributed by atoms with Crippen LogP contribution in [0, 0.1) is 0 Å². The van der Waals surface area contributed by atoms with Crippen LogP contribution in [0.2, 0.25) is 0 Å². The first-order valence-corrected chi connectivity index (χ1v) is 11.8. The molecule has 3 heteroatoms. The molecule has 0 radical (unpaired) electrons. The van der Waals surface area contributed by atoms with Crippen molar-refractivity contribution in [1.82, 2.24) is 4.57 Å². The van der Waals surface area contributed by atoms with E-state index in [-0.39, 0.29) is 0 Å². The van der Waals surface area contributed by atoms with E-state index < -0.39 is 0 Å². The number of hydrogen-bond acceptors (Lipinski definition) is 2. The number of hydrogen-bond donors (Lipinski definition) is 0. The van der Waals surface area contributed by atoms with Crippen LogP contribution in [0.3, 0.4) is 0 Å². The fourth-order valence-electron chi connectivity index (χ4n) is 5.12. The molecule has 0 aliphatic heterocycles. The molecule has 7 rings (SSSR count). The third kappa shape index (κ3) is 3.13. The molecule has 0 amide bonds. The van der Waals surface area contributed by atoms with Crippen LogP contribution in [0.1, 0.15) is 0 Å². The normalized spacial score (nSPS) is 11.4. The molecule has 5 aromatic carbocycles. The molecule has 0 bridgehead atoms. The zero-order valence-corrected chi connectivity index (χ0v) is 19.0. The number of rotatable bonds is 4. The lowest BCUT2D eigenvalue weighted by atomic mass is 10.1. The highest BCUT2D eigenvalue weighted by Gasteiger charge is 2.17. The zero-order chi connectivity index (χ0) is 23.2. The lowest BCUT2D eigenvalue weighted by Crippen LogP contribution is -2.09. The second-order valence-electron chi connectivity index (χ2n) is 8.67. The highest BCUT2D eigenvalue weighted by molar-refractivity contribution is 6.17. The summed E-state index contributed by atoms with van der Waals surface area (Å²) in [6.45, 7) is 0. The van der Waals surface area contributed by atoms with E-state index in [0.29, 0.717) is 0 Å². The second kappa shape index (κ2) is 7.93. The van der Waals surface area contributed by atoms with Crippen molar-refractivity contribution in [2.24, 2.45) is 0 Å². The number of fused-ring (bicyclic) bond motifs is 5. The summed E-state index contributed by atoms with van der Waals surface area (Å²) >= 11 is 0. The first kappa shape index (κ1) is 19.7. The fourth-order valence-corrected chi connectivity index (χ4v) is 5.12. The monoisotopic (exact) mass is 450 g/mol. The SMILES string of the molecule is c1ccc(N(c2ccccc2)c2ccc(-n3c4ccccc4c4ccc5occc5c43)cc2)cc1. The Labute approximate surface area is 203 Å². The van der Waals surface area contributed by atoms with E-state index in [1.807, 2.05) is 0 Å². The Morgan fingerprint density at radius 2 is 1.11 bits per heavy atom. The van der Waals surface area contributed by atoms with E-state index in [0.717, 1.165) is 33.7 Å². The molecule has 2 heterocycles. The van der Waals surface area contributed by atoms with Crippen LogP contribution < -0.4 is 4.90 Å². The third-order valence-corrected chi connectivity index (χ3v) is 6.66. The molecule has 0 spiro atoms. The Hall–Kier alpha value is -4.76. The lowest BCUT2D eigenvalue weighted by Gasteiger charge is -2.25. The van der Waals surface area contributed by atoms with Crippen LogP contribution in [0.5, 0.6) is 0 Å². The summed E-state index contributed by atoms with van der Waals surface area (Å²) in [6.07, 6.45) is 1.77. The van der Waals surface area contributed by atoms with Crippen LogP contribution in [-0.4, -0.2) is 4.57 Å². The molecule has 0 atom stereocenters. The summed E-state index contributed by atoms with van der Waals surface area (Å²) in [5.74, 6) is 0. The number of furan rings is 1. The minimum Gasteiger partial charge on any atom is -0.464 e. The van der Waals surface area contributed by atoms with Gasteiger partial charge in [0.05, 0.1) is 17.3 Å². The van der Waals surface area contributed by atoms with Gasteiger partial charge < -0.3 is 13.9 Å². The molecule has 166 valence electrons. The van der Waals surface area contributed by atoms with Crippen LogP contribution >= 0.6 is 0 Å². The lowest BCUT2D eigenvalue weighted by molar-refractivity contribution is 0.616. The minimum atomic E-state index is 0.900. The topological polar surface area (TPSA) is 21.3 Å². The summed E-state index contributed by atoms with van der Waals surface area (Å²) in [5, 5.41) is 3.59. The molecule has 0 saturated carbocycles. The number of benzene rings is 5. The maximum atomic E-state index is 5.74. The van der Waals surface area contributed by atoms with Crippen LogP contribution in [0.25, 0.3) is 38.5 Å². The molecule has 0 N–H and O–H groups in total. The van der Waals surface area contributed by atoms with Gasteiger partial charge in [-0.1, -0.05) is 54.6 Å². The number of anilines is 3. The highest BCUT2D eigenvalue weighted by Crippen LogP contribution is 2.38. The van der Waals surface area contributed by atoms with Crippen LogP contribution in [0.4, 0.5) is 17.1 Å². The molecular formula is C32H22N2O. The molecule has 3 nitrogen and oxygen atoms in total. The van der Waals surface area contributed by atoms with E-state index in [4.69, 9.17) is 4.42 Å². The molecular weight excluding hydrogens is 428 g/mol. The average Bonchev–Trinajstić information content (AvgIpc) is 3.53. The summed E-state index contributed by atoms with van der Waals surface area (Å²) in [7, 11) is 0. The Bertz CT molecular complexity index is 1740. The largest absolute Gasteiger partial charge is 0.464 e. The summed E-state index contributed by atoms with van der Waals surface area (Å²) in [6, 6.07) is 44.7. The van der Waals surface area contributed by atoms with E-state index in [1.165, 1.54) is 21.8 Å². The van der Waals surface area contributed by atoms with Gasteiger partial charge in [0.1, 0.15) is 5.58 Å². The van der Waals surface area contributed by atoms with E-state index >= 15 is 0 Å². The summed E-state index contributed by atoms with van der Waals surface area (Å²) in [5.41, 5.74) is 7.75. The zero-order valence-electron chi connectivity index (χ0n) is 19.0. The second-order valence-corrected chi connectivity index (χ2v) is 8.67. The predicted molar refractivity (Wildman–Crippen MR) is 145 cm³/mol. The summed E-state index contributed by atoms with van der Waals surface area (Å²) in [4.78, 5) is 2.28. The molecule has 2 aromatic heterocycles. The van der Waals surface area contributed by atoms with Crippen molar-refractivity contribution in [2.75, 3.05) is 4.90 Å². The van der Waals surface area contributed by atoms with Gasteiger partial charge in [0.15, 0.2) is 0 Å². The van der Waals surface area contributed by atoms with E-state index in [9.17, 15) is 0 Å². The smallest absolute Gasteiger partial charge is 0.136 e. The Morgan fingerprint density at radius 1 is 0.486 bits per heavy atom. The van der Waals surface area contributed by atoms with Crippen molar-refractivity contribution >= 4 is 49.8 Å². The standard InChI is InChI=1S/C32H22N2O/c1-3-9-23(10-4-1)33(24-11-5-2-6-12-24)25-15-17-26(18-16-25)34-30-14-8-7-13-27(30)28-19-20-31-29(32(28)34)21-22-35-31/h1-22H. The maximum absolute atomic E-state index is 5.74. The van der Waals surface area contributed by atoms with Gasteiger partial charge in [-0.05, 0) is 72.8 Å². The first-order valence-electron chi connectivity index (χ1n) is 11.8. The third-order valence-electron chi connectivity index (χ3n) is 6.66. The Morgan fingerprint density at radius 3 is 1.83 bits per heavy atom. The Balaban J connectivity index is 1.43. The number of aromatic nitrogens is 1. The molecule has 0 aliphatic carbocycles. The van der Waals surface area contributed by atoms with Gasteiger partial charge in [-0.2, -0.15) is 0 Å². The van der Waals surface area contributed by atoms with Gasteiger partial charge in [0.25, 0.3) is 0 Å². The molecule has 0 aliphatic rings. The quantitative estimate of drug-likeness (QED) is 0.267. The van der Waals surface area contributed by atoms with Crippen molar-refractivity contribution in [3.63, 3.8) is 0 Å². The van der Waals surface area contributed by atoms with E-state index in [1.54, 1.807) is 6.26 Å². The molecule has 35 heavy (non-hydrogen) atoms. The Kier molecular flexibility index (Phi) is 4.46. The summed E-state index contributed by atoms with van der Waals surface area (Å²) < 4.78 is 8.09. The number of nitrogens with zero attached hydrogens (tertiary/aromatic N) is 2. The van der Waals surface area contributed by atoms with Crippen LogP contribution in [-0.2, 0) is 0 Å².